The van der Waals surface area contributed by atoms with Gasteiger partial charge < -0.3 is 33.3 Å². The SMILES string of the molecule is CC/C=C\C/C=C\C/C=C\C/C=C\C/C=C\C/C=C\C/C=C\C/C=C\C/C=C\CCCCCCCCCCCCCCCC(=O)OC(COC(=O)CCCCCCCCCCCCCCCCCCC/C=C\C/C=C\C/C=C\C/C=C\C/C=C\CC)COC(OCC[N+](C)(C)C)C(=O)[O-]. The molecule has 0 aliphatic rings. The zero-order valence-electron chi connectivity index (χ0n) is 64.3. The van der Waals surface area contributed by atoms with Gasteiger partial charge in [0.2, 0.25) is 0 Å². The predicted molar refractivity (Wildman–Crippen MR) is 425 cm³/mol. The maximum absolute atomic E-state index is 13.0. The van der Waals surface area contributed by atoms with Gasteiger partial charge in [0.05, 0.1) is 40.3 Å². The molecule has 0 heterocycles. The number of carbonyl (C=O) groups is 3. The summed E-state index contributed by atoms with van der Waals surface area (Å²) < 4.78 is 22.9. The molecule has 0 amide bonds. The second-order valence-electron chi connectivity index (χ2n) is 27.6. The summed E-state index contributed by atoms with van der Waals surface area (Å²) >= 11 is 0. The lowest BCUT2D eigenvalue weighted by Crippen LogP contribution is -2.44. The van der Waals surface area contributed by atoms with Gasteiger partial charge in [0, 0.05) is 12.8 Å². The van der Waals surface area contributed by atoms with Gasteiger partial charge in [-0.15, -0.1) is 0 Å². The third-order valence-electron chi connectivity index (χ3n) is 17.0. The van der Waals surface area contributed by atoms with Crippen molar-refractivity contribution in [3.63, 3.8) is 0 Å². The number of nitrogens with zero attached hydrogens (tertiary/aromatic N) is 1. The molecule has 0 bridgehead atoms. The van der Waals surface area contributed by atoms with E-state index in [1.165, 1.54) is 161 Å². The van der Waals surface area contributed by atoms with Gasteiger partial charge in [-0.3, -0.25) is 9.59 Å². The molecule has 0 aromatic heterocycles. The quantitative estimate of drug-likeness (QED) is 0.0195. The van der Waals surface area contributed by atoms with Gasteiger partial charge in [-0.25, -0.2) is 0 Å². The van der Waals surface area contributed by atoms with Crippen molar-refractivity contribution in [3.05, 3.63) is 170 Å². The van der Waals surface area contributed by atoms with Crippen LogP contribution < -0.4 is 5.11 Å². The molecule has 0 N–H and O–H groups in total. The number of carboxylic acid groups (broad SMARTS) is 1. The highest BCUT2D eigenvalue weighted by molar-refractivity contribution is 5.70. The molecule has 562 valence electrons. The van der Waals surface area contributed by atoms with E-state index in [-0.39, 0.29) is 38.6 Å². The number of quaternary nitrogens is 1. The molecule has 0 fully saturated rings. The minimum absolute atomic E-state index is 0.142. The van der Waals surface area contributed by atoms with Crippen molar-refractivity contribution in [1.82, 2.24) is 0 Å². The maximum Gasteiger partial charge on any atom is 0.306 e. The second kappa shape index (κ2) is 78.4. The number of unbranched alkanes of at least 4 members (excludes halogenated alkanes) is 30. The molecule has 0 rings (SSSR count). The Bertz CT molecular complexity index is 2240. The van der Waals surface area contributed by atoms with Crippen LogP contribution in [0.15, 0.2) is 170 Å². The van der Waals surface area contributed by atoms with E-state index in [1.807, 2.05) is 21.1 Å². The second-order valence-corrected chi connectivity index (χ2v) is 27.6. The van der Waals surface area contributed by atoms with E-state index in [9.17, 15) is 19.5 Å². The van der Waals surface area contributed by atoms with E-state index >= 15 is 0 Å². The highest BCUT2D eigenvalue weighted by Gasteiger charge is 2.22. The summed E-state index contributed by atoms with van der Waals surface area (Å²) in [4.78, 5) is 37.6. The summed E-state index contributed by atoms with van der Waals surface area (Å²) in [6, 6.07) is 0. The monoisotopic (exact) mass is 1370 g/mol. The largest absolute Gasteiger partial charge is 0.545 e. The average Bonchev–Trinajstić information content (AvgIpc) is 2.62. The van der Waals surface area contributed by atoms with E-state index in [1.54, 1.807) is 0 Å². The first-order valence-electron chi connectivity index (χ1n) is 40.3. The van der Waals surface area contributed by atoms with Gasteiger partial charge in [0.1, 0.15) is 13.2 Å². The Morgan fingerprint density at radius 3 is 0.808 bits per heavy atom. The molecule has 0 spiro atoms. The van der Waals surface area contributed by atoms with Crippen molar-refractivity contribution in [3.8, 4) is 0 Å². The lowest BCUT2D eigenvalue weighted by molar-refractivity contribution is -0.870. The molecule has 9 nitrogen and oxygen atoms in total. The first-order valence-corrected chi connectivity index (χ1v) is 40.3. The molecule has 0 saturated carbocycles. The molecule has 99 heavy (non-hydrogen) atoms. The molecule has 2 atom stereocenters. The van der Waals surface area contributed by atoms with Crippen LogP contribution in [0.2, 0.25) is 0 Å². The van der Waals surface area contributed by atoms with Crippen molar-refractivity contribution < 1.29 is 42.9 Å². The molecule has 0 aliphatic heterocycles. The van der Waals surface area contributed by atoms with Crippen LogP contribution in [0, 0.1) is 0 Å². The number of carboxylic acids is 1. The Hall–Kier alpha value is -5.35. The Kier molecular flexibility index (Phi) is 74.1. The van der Waals surface area contributed by atoms with Crippen molar-refractivity contribution in [2.45, 2.75) is 334 Å². The van der Waals surface area contributed by atoms with Crippen LogP contribution in [0.25, 0.3) is 0 Å². The fourth-order valence-corrected chi connectivity index (χ4v) is 10.9. The van der Waals surface area contributed by atoms with Crippen LogP contribution >= 0.6 is 0 Å². The Balaban J connectivity index is 4.07. The highest BCUT2D eigenvalue weighted by Crippen LogP contribution is 2.18. The van der Waals surface area contributed by atoms with Crippen molar-refractivity contribution in [1.29, 1.82) is 0 Å². The fraction of sp³-hybridized carbons (Fsp3) is 0.656. The molecule has 0 saturated heterocycles. The zero-order chi connectivity index (χ0) is 71.8. The first-order chi connectivity index (χ1) is 48.6. The van der Waals surface area contributed by atoms with E-state index in [0.717, 1.165) is 128 Å². The smallest absolute Gasteiger partial charge is 0.306 e. The van der Waals surface area contributed by atoms with Crippen LogP contribution in [0.3, 0.4) is 0 Å². The summed E-state index contributed by atoms with van der Waals surface area (Å²) in [5, 5.41) is 11.9. The number of rotatable bonds is 73. The average molecular weight is 1370 g/mol. The van der Waals surface area contributed by atoms with Crippen molar-refractivity contribution >= 4 is 17.9 Å². The van der Waals surface area contributed by atoms with Crippen molar-refractivity contribution in [2.75, 3.05) is 47.5 Å². The zero-order valence-corrected chi connectivity index (χ0v) is 64.3. The molecule has 9 heteroatoms. The molecule has 0 aromatic rings. The summed E-state index contributed by atoms with van der Waals surface area (Å²) in [6.07, 6.45) is 115. The topological polar surface area (TPSA) is 111 Å². The van der Waals surface area contributed by atoms with Crippen LogP contribution in [0.5, 0.6) is 0 Å². The molecular formula is C90H149NO8. The van der Waals surface area contributed by atoms with Gasteiger partial charge in [0.15, 0.2) is 12.4 Å². The van der Waals surface area contributed by atoms with Gasteiger partial charge in [0.25, 0.3) is 0 Å². The Labute approximate surface area is 609 Å². The van der Waals surface area contributed by atoms with Gasteiger partial charge in [-0.05, 0) is 128 Å². The van der Waals surface area contributed by atoms with Crippen LogP contribution in [-0.2, 0) is 33.3 Å². The van der Waals surface area contributed by atoms with Gasteiger partial charge in [-0.2, -0.15) is 0 Å². The molecule has 0 aliphatic carbocycles. The number of esters is 2. The third-order valence-corrected chi connectivity index (χ3v) is 17.0. The van der Waals surface area contributed by atoms with Gasteiger partial charge in [-0.1, -0.05) is 351 Å². The van der Waals surface area contributed by atoms with Crippen molar-refractivity contribution in [2.24, 2.45) is 0 Å². The predicted octanol–water partition coefficient (Wildman–Crippen LogP) is 24.8. The molecule has 0 aromatic carbocycles. The van der Waals surface area contributed by atoms with Crippen LogP contribution in [0.1, 0.15) is 322 Å². The summed E-state index contributed by atoms with van der Waals surface area (Å²) in [6.45, 7) is 4.53. The van der Waals surface area contributed by atoms with Gasteiger partial charge >= 0.3 is 11.9 Å². The number of likely N-dealkylation sites (N-methyl/N-ethyl adjacent to an activating group) is 1. The maximum atomic E-state index is 13.0. The normalized spacial score (nSPS) is 13.6. The molecule has 0 radical (unpaired) electrons. The first kappa shape index (κ1) is 93.6. The van der Waals surface area contributed by atoms with E-state index < -0.39 is 24.3 Å². The Morgan fingerprint density at radius 1 is 0.303 bits per heavy atom. The lowest BCUT2D eigenvalue weighted by Gasteiger charge is -2.26. The number of allylic oxidation sites excluding steroid dienone is 28. The number of ether oxygens (including phenoxy) is 4. The van der Waals surface area contributed by atoms with E-state index in [0.29, 0.717) is 17.4 Å². The number of carbonyl (C=O) groups excluding carboxylic acids is 3. The fourth-order valence-electron chi connectivity index (χ4n) is 10.9. The summed E-state index contributed by atoms with van der Waals surface area (Å²) in [7, 11) is 5.93. The summed E-state index contributed by atoms with van der Waals surface area (Å²) in [5.74, 6) is -2.28. The third kappa shape index (κ3) is 79.8. The number of hydrogen-bond acceptors (Lipinski definition) is 8. The summed E-state index contributed by atoms with van der Waals surface area (Å²) in [5.41, 5.74) is 0. The van der Waals surface area contributed by atoms with Crippen LogP contribution in [-0.4, -0.2) is 82.3 Å². The highest BCUT2D eigenvalue weighted by atomic mass is 16.7. The molecule has 2 unspecified atom stereocenters. The number of aliphatic carboxylic acids is 1. The van der Waals surface area contributed by atoms with E-state index in [4.69, 9.17) is 18.9 Å². The number of hydrogen-bond donors (Lipinski definition) is 0. The standard InChI is InChI=1S/C90H149NO8/c1-6-8-10-12-14-16-18-20-22-24-26-28-30-32-34-36-38-40-41-42-43-44-45-46-47-49-51-53-55-57-59-61-63-65-67-69-71-73-75-77-79-81-88(93)99-86(85-98-90(89(94)95)96-83-82-91(3,4)5)84-97-87(92)80-78-76-74-72-70-68-66-64-62-60-58-56-54-52-50-48-39-37-35-33-31-29-27-25-23-21-19-17-15-13-11-9-7-2/h8-11,14-17,20-23,26-29,32-35,38,40,42-43,45-46,49,51,86,90H,6-7,12-13,18-19,24-25,30-31,36-37,39,41,44,47-48,50,52-85H2,1-5H3/b10-8-,11-9-,16-14-,17-15-,22-20-,23-21-,28-26-,29-27-,34-32-,35-33-,40-38-,43-42-,46-45-,51-49-. The van der Waals surface area contributed by atoms with E-state index in [2.05, 4.69) is 184 Å². The Morgan fingerprint density at radius 2 is 0.545 bits per heavy atom. The lowest BCUT2D eigenvalue weighted by atomic mass is 10.0. The minimum atomic E-state index is -1.63. The van der Waals surface area contributed by atoms with Crippen LogP contribution in [0.4, 0.5) is 0 Å². The molecular weight excluding hydrogens is 1220 g/mol. The minimum Gasteiger partial charge on any atom is -0.545 e.